The van der Waals surface area contributed by atoms with E-state index in [4.69, 9.17) is 9.26 Å². The van der Waals surface area contributed by atoms with Gasteiger partial charge in [-0.05, 0) is 37.8 Å². The molecule has 130 valence electrons. The number of benzene rings is 1. The Morgan fingerprint density at radius 1 is 1.21 bits per heavy atom. The normalized spacial score (nSPS) is 17.4. The van der Waals surface area contributed by atoms with Crippen molar-refractivity contribution in [1.82, 2.24) is 15.5 Å². The second kappa shape index (κ2) is 7.03. The van der Waals surface area contributed by atoms with Gasteiger partial charge in [-0.1, -0.05) is 42.8 Å². The van der Waals surface area contributed by atoms with Crippen molar-refractivity contribution in [2.75, 3.05) is 13.2 Å². The van der Waals surface area contributed by atoms with Gasteiger partial charge in [0.25, 0.3) is 0 Å². The Hall–Kier alpha value is -1.72. The van der Waals surface area contributed by atoms with Crippen molar-refractivity contribution in [3.05, 3.63) is 46.6 Å². The number of nitrogens with one attached hydrogen (secondary N) is 1. The van der Waals surface area contributed by atoms with Crippen LogP contribution in [0.5, 0.6) is 0 Å². The minimum absolute atomic E-state index is 0.262. The van der Waals surface area contributed by atoms with Crippen LogP contribution in [-0.4, -0.2) is 23.4 Å². The fraction of sp³-hybridized carbons (Fsp3) is 0.579. The van der Waals surface area contributed by atoms with Crippen LogP contribution in [0.3, 0.4) is 0 Å². The van der Waals surface area contributed by atoms with Crippen molar-refractivity contribution in [2.45, 2.75) is 58.5 Å². The van der Waals surface area contributed by atoms with Gasteiger partial charge in [-0.25, -0.2) is 0 Å². The van der Waals surface area contributed by atoms with Crippen molar-refractivity contribution < 1.29 is 9.26 Å². The topological polar surface area (TPSA) is 60.2 Å². The molecule has 5 heteroatoms. The second-order valence-corrected chi connectivity index (χ2v) is 7.09. The quantitative estimate of drug-likeness (QED) is 0.908. The number of ether oxygens (including phenoxy) is 1. The summed E-state index contributed by atoms with van der Waals surface area (Å²) in [5, 5.41) is 7.87. The highest BCUT2D eigenvalue weighted by molar-refractivity contribution is 5.30. The van der Waals surface area contributed by atoms with E-state index >= 15 is 0 Å². The Morgan fingerprint density at radius 3 is 2.62 bits per heavy atom. The molecule has 1 N–H and O–H groups in total. The van der Waals surface area contributed by atoms with Crippen LogP contribution in [0.1, 0.15) is 61.0 Å². The minimum Gasteiger partial charge on any atom is -0.381 e. The van der Waals surface area contributed by atoms with E-state index < -0.39 is 0 Å². The van der Waals surface area contributed by atoms with Crippen LogP contribution in [0, 0.1) is 13.8 Å². The van der Waals surface area contributed by atoms with Crippen LogP contribution in [0.25, 0.3) is 0 Å². The predicted octanol–water partition coefficient (Wildman–Crippen LogP) is 3.61. The van der Waals surface area contributed by atoms with E-state index in [1.54, 1.807) is 0 Å². The average Bonchev–Trinajstić information content (AvgIpc) is 3.08. The molecule has 2 aromatic rings. The Bertz CT molecular complexity index is 688. The maximum atomic E-state index is 5.63. The zero-order chi connectivity index (χ0) is 17.2. The van der Waals surface area contributed by atoms with Crippen LogP contribution in [-0.2, 0) is 16.8 Å². The summed E-state index contributed by atoms with van der Waals surface area (Å²) in [5.41, 5.74) is 3.58. The number of hydrogen-bond donors (Lipinski definition) is 1. The van der Waals surface area contributed by atoms with E-state index in [1.165, 1.54) is 16.7 Å². The van der Waals surface area contributed by atoms with Gasteiger partial charge < -0.3 is 9.26 Å². The van der Waals surface area contributed by atoms with Crippen LogP contribution in [0.2, 0.25) is 0 Å². The molecule has 5 nitrogen and oxygen atoms in total. The Balaban J connectivity index is 1.84. The first-order valence-corrected chi connectivity index (χ1v) is 8.73. The van der Waals surface area contributed by atoms with Crippen LogP contribution < -0.4 is 5.32 Å². The molecule has 24 heavy (non-hydrogen) atoms. The van der Waals surface area contributed by atoms with Gasteiger partial charge in [-0.2, -0.15) is 4.98 Å². The minimum atomic E-state index is -0.297. The van der Waals surface area contributed by atoms with Gasteiger partial charge in [0.05, 0.1) is 0 Å². The molecule has 0 unspecified atom stereocenters. The summed E-state index contributed by atoms with van der Waals surface area (Å²) in [5.74, 6) is 1.72. The van der Waals surface area contributed by atoms with Gasteiger partial charge in [0.2, 0.25) is 5.89 Å². The fourth-order valence-electron chi connectivity index (χ4n) is 3.10. The lowest BCUT2D eigenvalue weighted by atomic mass is 9.89. The third-order valence-corrected chi connectivity index (χ3v) is 4.84. The molecule has 0 saturated carbocycles. The summed E-state index contributed by atoms with van der Waals surface area (Å²) in [4.78, 5) is 4.66. The number of aromatic nitrogens is 2. The lowest BCUT2D eigenvalue weighted by Gasteiger charge is -2.35. The van der Waals surface area contributed by atoms with Gasteiger partial charge in [-0.3, -0.25) is 5.32 Å². The van der Waals surface area contributed by atoms with Crippen molar-refractivity contribution in [2.24, 2.45) is 0 Å². The molecule has 0 bridgehead atoms. The third kappa shape index (κ3) is 3.52. The second-order valence-electron chi connectivity index (χ2n) is 7.09. The zero-order valence-electron chi connectivity index (χ0n) is 15.1. The molecule has 1 fully saturated rings. The molecule has 0 atom stereocenters. The molecule has 2 heterocycles. The number of rotatable bonds is 5. The third-order valence-electron chi connectivity index (χ3n) is 4.84. The number of hydrogen-bond acceptors (Lipinski definition) is 5. The fourth-order valence-corrected chi connectivity index (χ4v) is 3.10. The summed E-state index contributed by atoms with van der Waals surface area (Å²) >= 11 is 0. The van der Waals surface area contributed by atoms with Gasteiger partial charge >= 0.3 is 0 Å². The highest BCUT2D eigenvalue weighted by atomic mass is 16.5. The summed E-state index contributed by atoms with van der Waals surface area (Å²) in [6.07, 6.45) is 1.69. The Labute approximate surface area is 143 Å². The van der Waals surface area contributed by atoms with E-state index in [0.29, 0.717) is 19.1 Å². The first-order valence-electron chi connectivity index (χ1n) is 8.73. The maximum Gasteiger partial charge on any atom is 0.247 e. The monoisotopic (exact) mass is 329 g/mol. The number of aryl methyl sites for hydroxylation is 2. The van der Waals surface area contributed by atoms with Gasteiger partial charge in [0.1, 0.15) is 5.54 Å². The molecule has 1 aliphatic heterocycles. The van der Waals surface area contributed by atoms with E-state index in [-0.39, 0.29) is 11.5 Å². The smallest absolute Gasteiger partial charge is 0.247 e. The SMILES string of the molecule is Cc1ccc(C)c(CNC2(c3nc(C(C)C)no3)CCOCC2)c1. The highest BCUT2D eigenvalue weighted by Gasteiger charge is 2.39. The molecular formula is C19H27N3O2. The van der Waals surface area contributed by atoms with Gasteiger partial charge in [-0.15, -0.1) is 0 Å². The molecular weight excluding hydrogens is 302 g/mol. The summed E-state index contributed by atoms with van der Waals surface area (Å²) < 4.78 is 11.2. The molecule has 1 saturated heterocycles. The molecule has 3 rings (SSSR count). The van der Waals surface area contributed by atoms with E-state index in [9.17, 15) is 0 Å². The molecule has 1 aliphatic rings. The standard InChI is InChI=1S/C19H27N3O2/c1-13(2)17-21-18(24-22-17)19(7-9-23-10-8-19)20-12-16-11-14(3)5-6-15(16)4/h5-6,11,13,20H,7-10,12H2,1-4H3. The maximum absolute atomic E-state index is 5.63. The van der Waals surface area contributed by atoms with Crippen LogP contribution in [0.4, 0.5) is 0 Å². The molecule has 1 aromatic carbocycles. The van der Waals surface area contributed by atoms with Crippen molar-refractivity contribution >= 4 is 0 Å². The van der Waals surface area contributed by atoms with Crippen molar-refractivity contribution in [3.63, 3.8) is 0 Å². The van der Waals surface area contributed by atoms with Gasteiger partial charge in [0.15, 0.2) is 5.82 Å². The first-order chi connectivity index (χ1) is 11.5. The molecule has 0 radical (unpaired) electrons. The predicted molar refractivity (Wildman–Crippen MR) is 92.9 cm³/mol. The lowest BCUT2D eigenvalue weighted by Crippen LogP contribution is -2.46. The zero-order valence-corrected chi connectivity index (χ0v) is 15.1. The van der Waals surface area contributed by atoms with Crippen LogP contribution in [0.15, 0.2) is 22.7 Å². The van der Waals surface area contributed by atoms with E-state index in [0.717, 1.165) is 25.2 Å². The summed E-state index contributed by atoms with van der Waals surface area (Å²) in [6.45, 7) is 10.6. The highest BCUT2D eigenvalue weighted by Crippen LogP contribution is 2.32. The van der Waals surface area contributed by atoms with Crippen molar-refractivity contribution in [1.29, 1.82) is 0 Å². The van der Waals surface area contributed by atoms with Gasteiger partial charge in [0, 0.05) is 25.7 Å². The molecule has 1 aromatic heterocycles. The molecule has 0 spiro atoms. The molecule has 0 amide bonds. The van der Waals surface area contributed by atoms with Crippen LogP contribution >= 0.6 is 0 Å². The first kappa shape index (κ1) is 17.1. The lowest BCUT2D eigenvalue weighted by molar-refractivity contribution is 0.0218. The Kier molecular flexibility index (Phi) is 5.01. The average molecular weight is 329 g/mol. The summed E-state index contributed by atoms with van der Waals surface area (Å²) in [6, 6.07) is 6.56. The Morgan fingerprint density at radius 2 is 1.96 bits per heavy atom. The van der Waals surface area contributed by atoms with E-state index in [2.05, 4.69) is 61.4 Å². The largest absolute Gasteiger partial charge is 0.381 e. The van der Waals surface area contributed by atoms with Crippen molar-refractivity contribution in [3.8, 4) is 0 Å². The van der Waals surface area contributed by atoms with E-state index in [1.807, 2.05) is 0 Å². The summed E-state index contributed by atoms with van der Waals surface area (Å²) in [7, 11) is 0. The number of nitrogens with zero attached hydrogens (tertiary/aromatic N) is 2. The molecule has 0 aliphatic carbocycles.